The Morgan fingerprint density at radius 1 is 0.885 bits per heavy atom. The second kappa shape index (κ2) is 15.8. The van der Waals surface area contributed by atoms with Crippen LogP contribution in [0.1, 0.15) is 81.5 Å². The summed E-state index contributed by atoms with van der Waals surface area (Å²) in [6.45, 7) is 2.31. The summed E-state index contributed by atoms with van der Waals surface area (Å²) in [6, 6.07) is 8.30. The van der Waals surface area contributed by atoms with Crippen LogP contribution in [0.3, 0.4) is 0 Å². The highest BCUT2D eigenvalue weighted by molar-refractivity contribution is 7.80. The fourth-order valence-corrected chi connectivity index (χ4v) is 2.66. The van der Waals surface area contributed by atoms with Crippen LogP contribution in [0.5, 0.6) is 0 Å². The largest absolute Gasteiger partial charge is 0.478 e. The summed E-state index contributed by atoms with van der Waals surface area (Å²) >= 11 is 0. The smallest absolute Gasteiger partial charge is 0.397 e. The number of carboxylic acid groups (broad SMARTS) is 1. The van der Waals surface area contributed by atoms with Gasteiger partial charge in [0.05, 0.1) is 12.2 Å². The minimum Gasteiger partial charge on any atom is -0.478 e. The van der Waals surface area contributed by atoms with E-state index in [9.17, 15) is 13.2 Å². The average Bonchev–Trinajstić information content (AvgIpc) is 2.60. The fraction of sp³-hybridized carbons (Fsp3) is 0.632. The molecule has 0 atom stereocenters. The highest BCUT2D eigenvalue weighted by Crippen LogP contribution is 2.10. The summed E-state index contributed by atoms with van der Waals surface area (Å²) in [5, 5.41) is 8.38. The molecule has 0 radical (unpaired) electrons. The summed E-state index contributed by atoms with van der Waals surface area (Å²) in [7, 11) is -4.23. The van der Waals surface area contributed by atoms with Gasteiger partial charge in [0.2, 0.25) is 0 Å². The fourth-order valence-electron chi connectivity index (χ4n) is 2.33. The molecule has 1 aromatic rings. The molecule has 0 fully saturated rings. The minimum absolute atomic E-state index is 0.0926. The molecule has 0 aliphatic carbocycles. The van der Waals surface area contributed by atoms with Crippen molar-refractivity contribution >= 4 is 16.4 Å². The molecule has 0 amide bonds. The van der Waals surface area contributed by atoms with E-state index in [0.29, 0.717) is 12.0 Å². The normalized spacial score (nSPS) is 10.8. The first-order valence-electron chi connectivity index (χ1n) is 9.27. The molecular formula is C19H32O6S. The van der Waals surface area contributed by atoms with E-state index in [1.165, 1.54) is 44.9 Å². The number of benzene rings is 1. The molecule has 6 nitrogen and oxygen atoms in total. The molecular weight excluding hydrogens is 356 g/mol. The van der Waals surface area contributed by atoms with Crippen LogP contribution in [-0.4, -0.2) is 30.7 Å². The monoisotopic (exact) mass is 388 g/mol. The molecule has 1 aromatic carbocycles. The first-order chi connectivity index (χ1) is 12.4. The lowest BCUT2D eigenvalue weighted by Gasteiger charge is -2.02. The molecule has 0 bridgehead atoms. The van der Waals surface area contributed by atoms with Gasteiger partial charge >= 0.3 is 16.4 Å². The molecule has 1 rings (SSSR count). The minimum atomic E-state index is -4.23. The number of hydrogen-bond donors (Lipinski definition) is 2. The lowest BCUT2D eigenvalue weighted by atomic mass is 10.1. The number of unbranched alkanes of at least 4 members (excludes halogenated alkanes) is 9. The zero-order chi connectivity index (χ0) is 19.7. The van der Waals surface area contributed by atoms with Crippen molar-refractivity contribution < 1.29 is 27.1 Å². The molecule has 0 aliphatic heterocycles. The molecule has 0 spiro atoms. The number of rotatable bonds is 13. The van der Waals surface area contributed by atoms with E-state index in [1.54, 1.807) is 30.3 Å². The van der Waals surface area contributed by atoms with Crippen molar-refractivity contribution in [2.24, 2.45) is 0 Å². The SMILES string of the molecule is CCCCCCCCCCCCOS(=O)(=O)O.O=C(O)c1ccccc1. The number of carboxylic acids is 1. The topological polar surface area (TPSA) is 101 Å². The molecule has 0 heterocycles. The predicted octanol–water partition coefficient (Wildman–Crippen LogP) is 5.11. The van der Waals surface area contributed by atoms with Crippen molar-refractivity contribution in [3.8, 4) is 0 Å². The Labute approximate surface area is 157 Å². The van der Waals surface area contributed by atoms with E-state index in [1.807, 2.05) is 0 Å². The van der Waals surface area contributed by atoms with E-state index in [4.69, 9.17) is 9.66 Å². The molecule has 0 saturated heterocycles. The third-order valence-electron chi connectivity index (χ3n) is 3.75. The maximum Gasteiger partial charge on any atom is 0.397 e. The van der Waals surface area contributed by atoms with Gasteiger partial charge in [-0.05, 0) is 18.6 Å². The van der Waals surface area contributed by atoms with Gasteiger partial charge in [0.25, 0.3) is 0 Å². The molecule has 7 heteroatoms. The van der Waals surface area contributed by atoms with Crippen LogP contribution in [-0.2, 0) is 14.6 Å². The lowest BCUT2D eigenvalue weighted by Crippen LogP contribution is -2.04. The van der Waals surface area contributed by atoms with Gasteiger partial charge in [-0.1, -0.05) is 82.9 Å². The zero-order valence-corrected chi connectivity index (χ0v) is 16.4. The summed E-state index contributed by atoms with van der Waals surface area (Å²) in [5.41, 5.74) is 0.331. The van der Waals surface area contributed by atoms with Gasteiger partial charge in [-0.25, -0.2) is 8.98 Å². The van der Waals surface area contributed by atoms with Crippen LogP contribution < -0.4 is 0 Å². The molecule has 0 unspecified atom stereocenters. The van der Waals surface area contributed by atoms with Crippen LogP contribution in [0.2, 0.25) is 0 Å². The third kappa shape index (κ3) is 17.4. The third-order valence-corrected chi connectivity index (χ3v) is 4.22. The Morgan fingerprint density at radius 2 is 1.35 bits per heavy atom. The van der Waals surface area contributed by atoms with Crippen molar-refractivity contribution in [2.75, 3.05) is 6.61 Å². The second-order valence-electron chi connectivity index (χ2n) is 6.10. The number of carbonyl (C=O) groups is 1. The maximum atomic E-state index is 10.2. The van der Waals surface area contributed by atoms with E-state index >= 15 is 0 Å². The van der Waals surface area contributed by atoms with Crippen LogP contribution in [0.15, 0.2) is 30.3 Å². The van der Waals surface area contributed by atoms with Gasteiger partial charge < -0.3 is 5.11 Å². The van der Waals surface area contributed by atoms with Crippen molar-refractivity contribution in [2.45, 2.75) is 71.1 Å². The maximum absolute atomic E-state index is 10.2. The zero-order valence-electron chi connectivity index (χ0n) is 15.6. The van der Waals surface area contributed by atoms with Crippen LogP contribution in [0, 0.1) is 0 Å². The summed E-state index contributed by atoms with van der Waals surface area (Å²) in [6.07, 6.45) is 11.9. The highest BCUT2D eigenvalue weighted by Gasteiger charge is 2.02. The van der Waals surface area contributed by atoms with Crippen LogP contribution in [0.25, 0.3) is 0 Å². The quantitative estimate of drug-likeness (QED) is 0.360. The summed E-state index contributed by atoms with van der Waals surface area (Å²) < 4.78 is 33.0. The van der Waals surface area contributed by atoms with E-state index in [2.05, 4.69) is 11.1 Å². The predicted molar refractivity (Wildman–Crippen MR) is 103 cm³/mol. The van der Waals surface area contributed by atoms with E-state index in [0.717, 1.165) is 12.8 Å². The molecule has 26 heavy (non-hydrogen) atoms. The Kier molecular flexibility index (Phi) is 14.9. The van der Waals surface area contributed by atoms with Gasteiger partial charge in [-0.15, -0.1) is 0 Å². The first-order valence-corrected chi connectivity index (χ1v) is 10.6. The van der Waals surface area contributed by atoms with Gasteiger partial charge in [-0.2, -0.15) is 8.42 Å². The van der Waals surface area contributed by atoms with Crippen LogP contribution >= 0.6 is 0 Å². The Bertz CT molecular complexity index is 557. The first kappa shape index (κ1) is 24.6. The molecule has 150 valence electrons. The molecule has 0 saturated carbocycles. The standard InChI is InChI=1S/C12H26O4S.C7H6O2/c1-2-3-4-5-6-7-8-9-10-11-12-16-17(13,14)15;8-7(9)6-4-2-1-3-5-6/h2-12H2,1H3,(H,13,14,15);1-5H,(H,8,9). The average molecular weight is 389 g/mol. The summed E-state index contributed by atoms with van der Waals surface area (Å²) in [5.74, 6) is -0.879. The molecule has 0 aromatic heterocycles. The van der Waals surface area contributed by atoms with Crippen molar-refractivity contribution in [3.63, 3.8) is 0 Å². The summed E-state index contributed by atoms with van der Waals surface area (Å²) in [4.78, 5) is 10.2. The molecule has 2 N–H and O–H groups in total. The van der Waals surface area contributed by atoms with E-state index < -0.39 is 16.4 Å². The lowest BCUT2D eigenvalue weighted by molar-refractivity contribution is 0.0697. The Morgan fingerprint density at radius 3 is 1.73 bits per heavy atom. The van der Waals surface area contributed by atoms with Gasteiger partial charge in [-0.3, -0.25) is 4.55 Å². The Balaban J connectivity index is 0.000000577. The van der Waals surface area contributed by atoms with Crippen molar-refractivity contribution in [1.82, 2.24) is 0 Å². The second-order valence-corrected chi connectivity index (χ2v) is 7.19. The number of aromatic carboxylic acids is 1. The Hall–Kier alpha value is -1.44. The highest BCUT2D eigenvalue weighted by atomic mass is 32.3. The van der Waals surface area contributed by atoms with Gasteiger partial charge in [0.1, 0.15) is 0 Å². The van der Waals surface area contributed by atoms with Crippen LogP contribution in [0.4, 0.5) is 0 Å². The van der Waals surface area contributed by atoms with Gasteiger partial charge in [0, 0.05) is 0 Å². The van der Waals surface area contributed by atoms with Gasteiger partial charge in [0.15, 0.2) is 0 Å². The number of hydrogen-bond acceptors (Lipinski definition) is 4. The van der Waals surface area contributed by atoms with Crippen molar-refractivity contribution in [1.29, 1.82) is 0 Å². The van der Waals surface area contributed by atoms with Crippen molar-refractivity contribution in [3.05, 3.63) is 35.9 Å². The molecule has 0 aliphatic rings. The van der Waals surface area contributed by atoms with E-state index in [-0.39, 0.29) is 6.61 Å².